The van der Waals surface area contributed by atoms with E-state index in [1.54, 1.807) is 12.4 Å². The zero-order valence-electron chi connectivity index (χ0n) is 9.47. The van der Waals surface area contributed by atoms with Crippen molar-refractivity contribution >= 4 is 0 Å². The summed E-state index contributed by atoms with van der Waals surface area (Å²) in [5, 5.41) is 13.2. The monoisotopic (exact) mass is 222 g/mol. The van der Waals surface area contributed by atoms with Gasteiger partial charge in [-0.2, -0.15) is 0 Å². The van der Waals surface area contributed by atoms with Gasteiger partial charge in [0.2, 0.25) is 0 Å². The first-order valence-corrected chi connectivity index (χ1v) is 5.73. The summed E-state index contributed by atoms with van der Waals surface area (Å²) in [4.78, 5) is 3.99. The van der Waals surface area contributed by atoms with Crippen molar-refractivity contribution in [3.05, 3.63) is 24.5 Å². The fourth-order valence-corrected chi connectivity index (χ4v) is 2.17. The largest absolute Gasteiger partial charge is 0.486 e. The van der Waals surface area contributed by atoms with Crippen LogP contribution in [0.2, 0.25) is 0 Å². The van der Waals surface area contributed by atoms with E-state index in [2.05, 4.69) is 10.3 Å². The molecule has 0 saturated heterocycles. The maximum atomic E-state index is 10.1. The fraction of sp³-hybridized carbons (Fsp3) is 0.583. The number of pyridine rings is 1. The maximum absolute atomic E-state index is 10.1. The van der Waals surface area contributed by atoms with Gasteiger partial charge in [0, 0.05) is 12.2 Å². The van der Waals surface area contributed by atoms with Crippen molar-refractivity contribution in [1.82, 2.24) is 10.3 Å². The summed E-state index contributed by atoms with van der Waals surface area (Å²) in [6, 6.07) is 3.83. The molecule has 0 radical (unpaired) electrons. The summed E-state index contributed by atoms with van der Waals surface area (Å²) in [5.74, 6) is 0.725. The zero-order chi connectivity index (χ0) is 11.4. The summed E-state index contributed by atoms with van der Waals surface area (Å²) in [5.41, 5.74) is 0. The van der Waals surface area contributed by atoms with E-state index in [1.807, 2.05) is 19.2 Å². The highest BCUT2D eigenvalue weighted by Crippen LogP contribution is 2.23. The number of nitrogens with zero attached hydrogens (tertiary/aromatic N) is 1. The zero-order valence-corrected chi connectivity index (χ0v) is 9.47. The van der Waals surface area contributed by atoms with Gasteiger partial charge in [-0.1, -0.05) is 0 Å². The average molecular weight is 222 g/mol. The Labute approximate surface area is 95.7 Å². The third-order valence-corrected chi connectivity index (χ3v) is 3.09. The Bertz CT molecular complexity index is 318. The Hall–Kier alpha value is -1.13. The minimum absolute atomic E-state index is 0.129. The SMILES string of the molecule is CN[C@@H]1CCC[C@@H](Oc2cccnc2)[C@@H]1O. The Morgan fingerprint density at radius 1 is 1.50 bits per heavy atom. The van der Waals surface area contributed by atoms with Gasteiger partial charge in [0.25, 0.3) is 0 Å². The molecule has 2 rings (SSSR count). The van der Waals surface area contributed by atoms with Gasteiger partial charge in [0.15, 0.2) is 0 Å². The third-order valence-electron chi connectivity index (χ3n) is 3.09. The molecule has 4 heteroatoms. The van der Waals surface area contributed by atoms with Crippen molar-refractivity contribution < 1.29 is 9.84 Å². The van der Waals surface area contributed by atoms with Crippen LogP contribution >= 0.6 is 0 Å². The summed E-state index contributed by atoms with van der Waals surface area (Å²) in [6.45, 7) is 0. The minimum Gasteiger partial charge on any atom is -0.486 e. The van der Waals surface area contributed by atoms with Gasteiger partial charge in [0.1, 0.15) is 18.0 Å². The number of rotatable bonds is 3. The molecule has 1 aliphatic rings. The third kappa shape index (κ3) is 2.51. The molecule has 3 atom stereocenters. The molecule has 16 heavy (non-hydrogen) atoms. The lowest BCUT2D eigenvalue weighted by Crippen LogP contribution is -2.50. The van der Waals surface area contributed by atoms with Crippen LogP contribution in [0.4, 0.5) is 0 Å². The number of hydrogen-bond donors (Lipinski definition) is 2. The average Bonchev–Trinajstić information content (AvgIpc) is 2.33. The van der Waals surface area contributed by atoms with E-state index in [1.165, 1.54) is 0 Å². The van der Waals surface area contributed by atoms with E-state index in [9.17, 15) is 5.11 Å². The second-order valence-electron chi connectivity index (χ2n) is 4.16. The van der Waals surface area contributed by atoms with Crippen molar-refractivity contribution in [2.45, 2.75) is 37.5 Å². The molecule has 88 valence electrons. The molecule has 4 nitrogen and oxygen atoms in total. The first-order valence-electron chi connectivity index (χ1n) is 5.73. The second-order valence-corrected chi connectivity index (χ2v) is 4.16. The molecule has 0 spiro atoms. The molecule has 1 saturated carbocycles. The number of ether oxygens (including phenoxy) is 1. The fourth-order valence-electron chi connectivity index (χ4n) is 2.17. The van der Waals surface area contributed by atoms with Crippen LogP contribution in [0, 0.1) is 0 Å². The van der Waals surface area contributed by atoms with E-state index >= 15 is 0 Å². The Balaban J connectivity index is 1.99. The smallest absolute Gasteiger partial charge is 0.138 e. The standard InChI is InChI=1S/C12H18N2O2/c1-13-10-5-2-6-11(12(10)15)16-9-4-3-7-14-8-9/h3-4,7-8,10-13,15H,2,5-6H2,1H3/t10-,11-,12-/m1/s1. The first kappa shape index (κ1) is 11.4. The van der Waals surface area contributed by atoms with Crippen molar-refractivity contribution in [2.24, 2.45) is 0 Å². The Kier molecular flexibility index (Phi) is 3.74. The first-order chi connectivity index (χ1) is 7.81. The van der Waals surface area contributed by atoms with Crippen molar-refractivity contribution in [3.8, 4) is 5.75 Å². The normalized spacial score (nSPS) is 30.0. The molecular weight excluding hydrogens is 204 g/mol. The highest BCUT2D eigenvalue weighted by Gasteiger charge is 2.32. The van der Waals surface area contributed by atoms with Crippen molar-refractivity contribution in [2.75, 3.05) is 7.05 Å². The summed E-state index contributed by atoms with van der Waals surface area (Å²) < 4.78 is 5.75. The van der Waals surface area contributed by atoms with E-state index in [-0.39, 0.29) is 12.1 Å². The number of aliphatic hydroxyl groups is 1. The highest BCUT2D eigenvalue weighted by molar-refractivity contribution is 5.16. The van der Waals surface area contributed by atoms with E-state index in [4.69, 9.17) is 4.74 Å². The molecule has 1 aromatic rings. The van der Waals surface area contributed by atoms with Gasteiger partial charge < -0.3 is 15.2 Å². The molecule has 1 aromatic heterocycles. The Morgan fingerprint density at radius 2 is 2.38 bits per heavy atom. The van der Waals surface area contributed by atoms with E-state index in [0.29, 0.717) is 0 Å². The topological polar surface area (TPSA) is 54.4 Å². The number of likely N-dealkylation sites (N-methyl/N-ethyl adjacent to an activating group) is 1. The number of aromatic nitrogens is 1. The number of aliphatic hydroxyl groups excluding tert-OH is 1. The van der Waals surface area contributed by atoms with Crippen LogP contribution in [-0.4, -0.2) is 35.4 Å². The molecule has 0 bridgehead atoms. The summed E-state index contributed by atoms with van der Waals surface area (Å²) in [6.07, 6.45) is 5.79. The van der Waals surface area contributed by atoms with E-state index < -0.39 is 6.10 Å². The Morgan fingerprint density at radius 3 is 3.06 bits per heavy atom. The predicted molar refractivity (Wildman–Crippen MR) is 61.4 cm³/mol. The van der Waals surface area contributed by atoms with Crippen LogP contribution in [0.25, 0.3) is 0 Å². The molecule has 2 N–H and O–H groups in total. The number of hydrogen-bond acceptors (Lipinski definition) is 4. The number of nitrogens with one attached hydrogen (secondary N) is 1. The van der Waals surface area contributed by atoms with Crippen LogP contribution in [0.3, 0.4) is 0 Å². The molecule has 0 aliphatic heterocycles. The van der Waals surface area contributed by atoms with Gasteiger partial charge >= 0.3 is 0 Å². The van der Waals surface area contributed by atoms with Crippen LogP contribution < -0.4 is 10.1 Å². The van der Waals surface area contributed by atoms with Gasteiger partial charge in [-0.25, -0.2) is 0 Å². The van der Waals surface area contributed by atoms with Crippen LogP contribution in [0.1, 0.15) is 19.3 Å². The predicted octanol–water partition coefficient (Wildman–Crippen LogP) is 0.962. The van der Waals surface area contributed by atoms with E-state index in [0.717, 1.165) is 25.0 Å². The van der Waals surface area contributed by atoms with Crippen LogP contribution in [0.5, 0.6) is 5.75 Å². The van der Waals surface area contributed by atoms with Gasteiger partial charge in [0.05, 0.1) is 6.20 Å². The molecule has 0 aromatic carbocycles. The van der Waals surface area contributed by atoms with Crippen LogP contribution in [-0.2, 0) is 0 Å². The molecule has 0 amide bonds. The van der Waals surface area contributed by atoms with Crippen molar-refractivity contribution in [3.63, 3.8) is 0 Å². The molecule has 1 heterocycles. The van der Waals surface area contributed by atoms with Gasteiger partial charge in [-0.3, -0.25) is 4.98 Å². The molecular formula is C12H18N2O2. The van der Waals surface area contributed by atoms with Crippen molar-refractivity contribution in [1.29, 1.82) is 0 Å². The lowest BCUT2D eigenvalue weighted by molar-refractivity contribution is -0.0136. The second kappa shape index (κ2) is 5.27. The lowest BCUT2D eigenvalue weighted by atomic mass is 9.90. The maximum Gasteiger partial charge on any atom is 0.138 e. The quantitative estimate of drug-likeness (QED) is 0.800. The molecule has 0 unspecified atom stereocenters. The van der Waals surface area contributed by atoms with Crippen LogP contribution in [0.15, 0.2) is 24.5 Å². The highest BCUT2D eigenvalue weighted by atomic mass is 16.5. The van der Waals surface area contributed by atoms with Gasteiger partial charge in [-0.15, -0.1) is 0 Å². The minimum atomic E-state index is -0.445. The molecule has 1 aliphatic carbocycles. The molecule has 1 fully saturated rings. The summed E-state index contributed by atoms with van der Waals surface area (Å²) >= 11 is 0. The van der Waals surface area contributed by atoms with Gasteiger partial charge in [-0.05, 0) is 38.4 Å². The lowest BCUT2D eigenvalue weighted by Gasteiger charge is -2.34. The summed E-state index contributed by atoms with van der Waals surface area (Å²) in [7, 11) is 1.88.